The first-order valence-electron chi connectivity index (χ1n) is 8.48. The number of hydrogen-bond donors (Lipinski definition) is 2. The quantitative estimate of drug-likeness (QED) is 0.532. The zero-order chi connectivity index (χ0) is 18.1. The molecule has 0 aliphatic heterocycles. The second-order valence-corrected chi connectivity index (χ2v) is 7.30. The number of nitrogens with zero attached hydrogens (tertiary/aromatic N) is 1. The van der Waals surface area contributed by atoms with Gasteiger partial charge in [0.15, 0.2) is 5.13 Å². The zero-order valence-corrected chi connectivity index (χ0v) is 15.5. The van der Waals surface area contributed by atoms with Crippen LogP contribution in [0.5, 0.6) is 0 Å². The maximum Gasteiger partial charge on any atom is 0.230 e. The minimum absolute atomic E-state index is 0.0590. The molecule has 4 nitrogen and oxygen atoms in total. The summed E-state index contributed by atoms with van der Waals surface area (Å²) in [5, 5.41) is 6.62. The molecule has 0 fully saturated rings. The van der Waals surface area contributed by atoms with Crippen LogP contribution in [-0.4, -0.2) is 15.9 Å². The summed E-state index contributed by atoms with van der Waals surface area (Å²) in [5.41, 5.74) is 6.45. The second kappa shape index (κ2) is 6.77. The van der Waals surface area contributed by atoms with E-state index in [2.05, 4.69) is 47.3 Å². The van der Waals surface area contributed by atoms with Crippen LogP contribution in [0.4, 0.5) is 5.13 Å². The van der Waals surface area contributed by atoms with Crippen molar-refractivity contribution in [3.8, 4) is 11.3 Å². The van der Waals surface area contributed by atoms with Crippen molar-refractivity contribution in [2.75, 3.05) is 5.32 Å². The molecule has 4 aromatic rings. The molecule has 2 aromatic heterocycles. The van der Waals surface area contributed by atoms with E-state index in [9.17, 15) is 4.79 Å². The summed E-state index contributed by atoms with van der Waals surface area (Å²) in [4.78, 5) is 20.2. The lowest BCUT2D eigenvalue weighted by atomic mass is 10.0. The normalized spacial score (nSPS) is 11.0. The molecule has 1 amide bonds. The number of aromatic nitrogens is 2. The number of rotatable bonds is 4. The van der Waals surface area contributed by atoms with Gasteiger partial charge in [0.1, 0.15) is 0 Å². The van der Waals surface area contributed by atoms with Gasteiger partial charge in [-0.2, -0.15) is 0 Å². The molecule has 0 unspecified atom stereocenters. The molecule has 0 atom stereocenters. The first-order valence-corrected chi connectivity index (χ1v) is 9.36. The Morgan fingerprint density at radius 1 is 1.19 bits per heavy atom. The van der Waals surface area contributed by atoms with Gasteiger partial charge in [0.2, 0.25) is 5.91 Å². The van der Waals surface area contributed by atoms with Crippen LogP contribution in [0.1, 0.15) is 16.7 Å². The van der Waals surface area contributed by atoms with E-state index in [1.165, 1.54) is 22.5 Å². The van der Waals surface area contributed by atoms with E-state index < -0.39 is 0 Å². The second-order valence-electron chi connectivity index (χ2n) is 6.44. The molecule has 2 heterocycles. The Morgan fingerprint density at radius 3 is 2.88 bits per heavy atom. The fourth-order valence-corrected chi connectivity index (χ4v) is 3.90. The van der Waals surface area contributed by atoms with Gasteiger partial charge < -0.3 is 10.3 Å². The van der Waals surface area contributed by atoms with E-state index in [0.717, 1.165) is 27.7 Å². The minimum Gasteiger partial charge on any atom is -0.361 e. The topological polar surface area (TPSA) is 57.8 Å². The average Bonchev–Trinajstić information content (AvgIpc) is 3.23. The van der Waals surface area contributed by atoms with E-state index in [-0.39, 0.29) is 5.91 Å². The number of H-pyrrole nitrogens is 1. The van der Waals surface area contributed by atoms with E-state index in [1.54, 1.807) is 0 Å². The van der Waals surface area contributed by atoms with Crippen molar-refractivity contribution >= 4 is 33.3 Å². The first-order chi connectivity index (χ1) is 12.6. The number of thiazole rings is 1. The lowest BCUT2D eigenvalue weighted by molar-refractivity contribution is -0.115. The third-order valence-electron chi connectivity index (χ3n) is 4.43. The van der Waals surface area contributed by atoms with Gasteiger partial charge in [0.05, 0.1) is 12.1 Å². The van der Waals surface area contributed by atoms with Crippen LogP contribution in [0.15, 0.2) is 54.0 Å². The SMILES string of the molecule is Cc1ccc(-c2csc(NC(=O)Cc3c[nH]c4ccccc34)n2)c(C)c1. The number of fused-ring (bicyclic) bond motifs is 1. The Labute approximate surface area is 155 Å². The number of aromatic amines is 1. The predicted molar refractivity (Wildman–Crippen MR) is 108 cm³/mol. The first kappa shape index (κ1) is 16.5. The van der Waals surface area contributed by atoms with Crippen LogP contribution in [0.3, 0.4) is 0 Å². The molecular formula is C21H19N3OS. The average molecular weight is 361 g/mol. The van der Waals surface area contributed by atoms with Gasteiger partial charge in [-0.25, -0.2) is 4.98 Å². The zero-order valence-electron chi connectivity index (χ0n) is 14.7. The molecule has 130 valence electrons. The molecule has 2 N–H and O–H groups in total. The number of amides is 1. The molecule has 26 heavy (non-hydrogen) atoms. The fourth-order valence-electron chi connectivity index (χ4n) is 3.17. The molecule has 0 bridgehead atoms. The highest BCUT2D eigenvalue weighted by Crippen LogP contribution is 2.28. The Balaban J connectivity index is 1.49. The van der Waals surface area contributed by atoms with Crippen molar-refractivity contribution in [3.63, 3.8) is 0 Å². The number of benzene rings is 2. The predicted octanol–water partition coefficient (Wildman–Crippen LogP) is 5.09. The summed E-state index contributed by atoms with van der Waals surface area (Å²) in [5.74, 6) is -0.0590. The smallest absolute Gasteiger partial charge is 0.230 e. The highest BCUT2D eigenvalue weighted by Gasteiger charge is 2.12. The van der Waals surface area contributed by atoms with Crippen molar-refractivity contribution in [2.24, 2.45) is 0 Å². The van der Waals surface area contributed by atoms with Crippen LogP contribution >= 0.6 is 11.3 Å². The Hall–Kier alpha value is -2.92. The number of nitrogens with one attached hydrogen (secondary N) is 2. The number of carbonyl (C=O) groups is 1. The Bertz CT molecular complexity index is 1090. The van der Waals surface area contributed by atoms with Crippen LogP contribution in [-0.2, 0) is 11.2 Å². The van der Waals surface area contributed by atoms with Gasteiger partial charge >= 0.3 is 0 Å². The van der Waals surface area contributed by atoms with E-state index in [4.69, 9.17) is 0 Å². The number of aryl methyl sites for hydroxylation is 2. The molecule has 0 spiro atoms. The largest absolute Gasteiger partial charge is 0.361 e. The molecule has 0 saturated carbocycles. The van der Waals surface area contributed by atoms with Gasteiger partial charge in [0.25, 0.3) is 0 Å². The minimum atomic E-state index is -0.0590. The molecule has 0 radical (unpaired) electrons. The van der Waals surface area contributed by atoms with Crippen molar-refractivity contribution in [1.29, 1.82) is 0 Å². The molecule has 2 aromatic carbocycles. The summed E-state index contributed by atoms with van der Waals surface area (Å²) in [6.45, 7) is 4.16. The number of hydrogen-bond acceptors (Lipinski definition) is 3. The standard InChI is InChI=1S/C21H19N3OS/c1-13-7-8-16(14(2)9-13)19-12-26-21(23-19)24-20(25)10-15-11-22-18-6-4-3-5-17(15)18/h3-9,11-12,22H,10H2,1-2H3,(H,23,24,25). The number of carbonyl (C=O) groups excluding carboxylic acids is 1. The van der Waals surface area contributed by atoms with Crippen LogP contribution < -0.4 is 5.32 Å². The molecule has 0 aliphatic carbocycles. The lowest BCUT2D eigenvalue weighted by Crippen LogP contribution is -2.14. The van der Waals surface area contributed by atoms with E-state index in [0.29, 0.717) is 11.6 Å². The third-order valence-corrected chi connectivity index (χ3v) is 5.19. The molecule has 0 aliphatic rings. The van der Waals surface area contributed by atoms with Crippen LogP contribution in [0.2, 0.25) is 0 Å². The van der Waals surface area contributed by atoms with Gasteiger partial charge in [0, 0.05) is 28.0 Å². The summed E-state index contributed by atoms with van der Waals surface area (Å²) < 4.78 is 0. The highest BCUT2D eigenvalue weighted by atomic mass is 32.1. The Kier molecular flexibility index (Phi) is 4.31. The summed E-state index contributed by atoms with van der Waals surface area (Å²) in [6, 6.07) is 14.3. The van der Waals surface area contributed by atoms with Crippen LogP contribution in [0.25, 0.3) is 22.2 Å². The summed E-state index contributed by atoms with van der Waals surface area (Å²) in [7, 11) is 0. The van der Waals surface area contributed by atoms with E-state index >= 15 is 0 Å². The van der Waals surface area contributed by atoms with Crippen molar-refractivity contribution in [2.45, 2.75) is 20.3 Å². The lowest BCUT2D eigenvalue weighted by Gasteiger charge is -2.04. The summed E-state index contributed by atoms with van der Waals surface area (Å²) >= 11 is 1.45. The van der Waals surface area contributed by atoms with Crippen molar-refractivity contribution < 1.29 is 4.79 Å². The molecule has 0 saturated heterocycles. The summed E-state index contributed by atoms with van der Waals surface area (Å²) in [6.07, 6.45) is 2.22. The number of anilines is 1. The highest BCUT2D eigenvalue weighted by molar-refractivity contribution is 7.14. The maximum atomic E-state index is 12.4. The van der Waals surface area contributed by atoms with Gasteiger partial charge in [-0.15, -0.1) is 11.3 Å². The molecule has 4 rings (SSSR count). The van der Waals surface area contributed by atoms with Crippen LogP contribution in [0, 0.1) is 13.8 Å². The van der Waals surface area contributed by atoms with E-state index in [1.807, 2.05) is 35.8 Å². The Morgan fingerprint density at radius 2 is 2.04 bits per heavy atom. The molecular weight excluding hydrogens is 342 g/mol. The van der Waals surface area contributed by atoms with Crippen molar-refractivity contribution in [3.05, 3.63) is 70.7 Å². The molecule has 5 heteroatoms. The fraction of sp³-hybridized carbons (Fsp3) is 0.143. The van der Waals surface area contributed by atoms with Gasteiger partial charge in [-0.1, -0.05) is 42.0 Å². The van der Waals surface area contributed by atoms with Gasteiger partial charge in [-0.3, -0.25) is 4.79 Å². The van der Waals surface area contributed by atoms with Gasteiger partial charge in [-0.05, 0) is 31.0 Å². The third kappa shape index (κ3) is 3.26. The monoisotopic (exact) mass is 361 g/mol. The van der Waals surface area contributed by atoms with Crippen molar-refractivity contribution in [1.82, 2.24) is 9.97 Å². The maximum absolute atomic E-state index is 12.4. The number of para-hydroxylation sites is 1.